The van der Waals surface area contributed by atoms with E-state index in [2.05, 4.69) is 12.1 Å². The molecule has 1 aliphatic rings. The lowest BCUT2D eigenvalue weighted by Crippen LogP contribution is -2.55. The summed E-state index contributed by atoms with van der Waals surface area (Å²) in [4.78, 5) is 12.6. The van der Waals surface area contributed by atoms with Crippen molar-refractivity contribution >= 4 is 5.78 Å². The van der Waals surface area contributed by atoms with Gasteiger partial charge in [0.25, 0.3) is 0 Å². The summed E-state index contributed by atoms with van der Waals surface area (Å²) in [6.45, 7) is 3.07. The fourth-order valence-corrected chi connectivity index (χ4v) is 4.71. The maximum atomic E-state index is 12.6. The largest absolute Gasteiger partial charge is 0.389 e. The molecular weight excluding hydrogens is 336 g/mol. The topological polar surface area (TPSA) is 84.9 Å². The molecule has 1 fully saturated rings. The van der Waals surface area contributed by atoms with Crippen LogP contribution in [0.5, 0.6) is 0 Å². The highest BCUT2D eigenvalue weighted by molar-refractivity contribution is 5.81. The van der Waals surface area contributed by atoms with Crippen molar-refractivity contribution in [2.75, 3.05) is 0 Å². The van der Waals surface area contributed by atoms with E-state index in [-0.39, 0.29) is 12.2 Å². The van der Waals surface area contributed by atoms with E-state index >= 15 is 0 Å². The summed E-state index contributed by atoms with van der Waals surface area (Å²) < 4.78 is 0. The van der Waals surface area contributed by atoms with Crippen molar-refractivity contribution in [1.29, 1.82) is 10.5 Å². The second-order valence-electron chi connectivity index (χ2n) is 7.59. The molecule has 0 aromatic heterocycles. The highest BCUT2D eigenvalue weighted by Crippen LogP contribution is 2.59. The number of aliphatic hydroxyl groups is 1. The highest BCUT2D eigenvalue weighted by atomic mass is 16.3. The van der Waals surface area contributed by atoms with Crippen LogP contribution in [0.1, 0.15) is 43.2 Å². The molecule has 0 spiro atoms. The van der Waals surface area contributed by atoms with Gasteiger partial charge in [-0.2, -0.15) is 10.5 Å². The first kappa shape index (κ1) is 18.8. The van der Waals surface area contributed by atoms with E-state index < -0.39 is 28.8 Å². The quantitative estimate of drug-likeness (QED) is 0.900. The molecule has 0 unspecified atom stereocenters. The zero-order valence-corrected chi connectivity index (χ0v) is 15.5. The number of Topliss-reactive ketones (excluding diaryl/α,β-unsaturated/α-hetero) is 1. The van der Waals surface area contributed by atoms with E-state index in [0.717, 1.165) is 11.1 Å². The molecule has 2 aromatic carbocycles. The molecule has 0 heterocycles. The van der Waals surface area contributed by atoms with Crippen molar-refractivity contribution < 1.29 is 9.90 Å². The average Bonchev–Trinajstić information content (AvgIpc) is 2.68. The molecule has 1 aliphatic carbocycles. The molecule has 4 heteroatoms. The molecule has 136 valence electrons. The van der Waals surface area contributed by atoms with Crippen LogP contribution >= 0.6 is 0 Å². The van der Waals surface area contributed by atoms with Crippen LogP contribution in [-0.2, 0) is 4.79 Å². The molecule has 0 aliphatic heterocycles. The van der Waals surface area contributed by atoms with Crippen LogP contribution in [0, 0.1) is 34.0 Å². The number of carbonyl (C=O) groups excluding carboxylic acids is 1. The lowest BCUT2D eigenvalue weighted by atomic mass is 9.49. The Morgan fingerprint density at radius 3 is 1.93 bits per heavy atom. The fraction of sp³-hybridized carbons (Fsp3) is 0.348. The number of hydrogen-bond acceptors (Lipinski definition) is 4. The van der Waals surface area contributed by atoms with E-state index in [1.54, 1.807) is 6.92 Å². The number of carbonyl (C=O) groups is 1. The molecule has 3 rings (SSSR count). The minimum Gasteiger partial charge on any atom is -0.389 e. The van der Waals surface area contributed by atoms with Crippen molar-refractivity contribution in [2.24, 2.45) is 11.3 Å². The summed E-state index contributed by atoms with van der Waals surface area (Å²) in [5.74, 6) is -2.28. The monoisotopic (exact) mass is 358 g/mol. The third-order valence-electron chi connectivity index (χ3n) is 5.83. The second-order valence-corrected chi connectivity index (χ2v) is 7.59. The van der Waals surface area contributed by atoms with Gasteiger partial charge in [0.1, 0.15) is 5.78 Å². The molecule has 0 saturated heterocycles. The Labute approximate surface area is 159 Å². The zero-order valence-electron chi connectivity index (χ0n) is 15.5. The van der Waals surface area contributed by atoms with Gasteiger partial charge in [0.2, 0.25) is 0 Å². The molecule has 2 aromatic rings. The van der Waals surface area contributed by atoms with Crippen LogP contribution in [0.3, 0.4) is 0 Å². The first-order valence-corrected chi connectivity index (χ1v) is 9.02. The van der Waals surface area contributed by atoms with Gasteiger partial charge in [0.05, 0.1) is 23.7 Å². The van der Waals surface area contributed by atoms with E-state index in [4.69, 9.17) is 0 Å². The van der Waals surface area contributed by atoms with Crippen molar-refractivity contribution in [1.82, 2.24) is 0 Å². The van der Waals surface area contributed by atoms with Gasteiger partial charge in [-0.3, -0.25) is 4.79 Å². The standard InChI is InChI=1S/C23H22N2O2/c1-16(26)20-21(18-11-7-4-8-12-18)23(14-24,15-25)19(13-22(20,2)27)17-9-5-3-6-10-17/h3-12,19-21,27H,13H2,1-2H3/t19-,20-,21+,22+/m1/s1. The summed E-state index contributed by atoms with van der Waals surface area (Å²) in [7, 11) is 0. The number of ketones is 1. The average molecular weight is 358 g/mol. The normalized spacial score (nSPS) is 29.3. The van der Waals surface area contributed by atoms with E-state index in [1.165, 1.54) is 6.92 Å². The van der Waals surface area contributed by atoms with Crippen LogP contribution in [0.15, 0.2) is 60.7 Å². The molecule has 1 saturated carbocycles. The summed E-state index contributed by atoms with van der Waals surface area (Å²) in [5.41, 5.74) is -1.24. The number of rotatable bonds is 3. The van der Waals surface area contributed by atoms with Gasteiger partial charge in [0, 0.05) is 11.8 Å². The lowest BCUT2D eigenvalue weighted by Gasteiger charge is -2.51. The maximum Gasteiger partial charge on any atom is 0.158 e. The first-order chi connectivity index (χ1) is 12.9. The van der Waals surface area contributed by atoms with Crippen LogP contribution in [-0.4, -0.2) is 16.5 Å². The number of hydrogen-bond donors (Lipinski definition) is 1. The molecule has 0 radical (unpaired) electrons. The van der Waals surface area contributed by atoms with Crippen LogP contribution < -0.4 is 0 Å². The Bertz CT molecular complexity index is 893. The van der Waals surface area contributed by atoms with Crippen molar-refractivity contribution in [3.05, 3.63) is 71.8 Å². The van der Waals surface area contributed by atoms with Gasteiger partial charge in [0.15, 0.2) is 5.41 Å². The number of benzene rings is 2. The van der Waals surface area contributed by atoms with Gasteiger partial charge in [-0.15, -0.1) is 0 Å². The van der Waals surface area contributed by atoms with Gasteiger partial charge in [-0.25, -0.2) is 0 Å². The molecule has 27 heavy (non-hydrogen) atoms. The molecule has 4 atom stereocenters. The van der Waals surface area contributed by atoms with E-state index in [0.29, 0.717) is 0 Å². The maximum absolute atomic E-state index is 12.6. The molecule has 1 N–H and O–H groups in total. The predicted octanol–water partition coefficient (Wildman–Crippen LogP) is 3.95. The summed E-state index contributed by atoms with van der Waals surface area (Å²) in [5, 5.41) is 31.7. The van der Waals surface area contributed by atoms with Gasteiger partial charge >= 0.3 is 0 Å². The molecule has 0 amide bonds. The van der Waals surface area contributed by atoms with Crippen molar-refractivity contribution in [2.45, 2.75) is 37.7 Å². The summed E-state index contributed by atoms with van der Waals surface area (Å²) in [6.07, 6.45) is 0.172. The molecular formula is C23H22N2O2. The van der Waals surface area contributed by atoms with Gasteiger partial charge in [-0.05, 0) is 31.4 Å². The van der Waals surface area contributed by atoms with E-state index in [1.807, 2.05) is 60.7 Å². The minimum atomic E-state index is -1.46. The van der Waals surface area contributed by atoms with Crippen LogP contribution in [0.4, 0.5) is 0 Å². The second kappa shape index (κ2) is 6.99. The summed E-state index contributed by atoms with van der Waals surface area (Å²) in [6, 6.07) is 23.0. The zero-order chi connectivity index (χ0) is 19.7. The Morgan fingerprint density at radius 1 is 1.00 bits per heavy atom. The smallest absolute Gasteiger partial charge is 0.158 e. The number of nitriles is 2. The Kier molecular flexibility index (Phi) is 4.87. The van der Waals surface area contributed by atoms with Crippen LogP contribution in [0.25, 0.3) is 0 Å². The third kappa shape index (κ3) is 3.03. The van der Waals surface area contributed by atoms with Crippen molar-refractivity contribution in [3.63, 3.8) is 0 Å². The Hall–Kier alpha value is -2.95. The summed E-state index contributed by atoms with van der Waals surface area (Å²) >= 11 is 0. The van der Waals surface area contributed by atoms with Gasteiger partial charge in [-0.1, -0.05) is 60.7 Å². The first-order valence-electron chi connectivity index (χ1n) is 9.02. The van der Waals surface area contributed by atoms with Gasteiger partial charge < -0.3 is 5.11 Å². The minimum absolute atomic E-state index is 0.172. The molecule has 4 nitrogen and oxygen atoms in total. The van der Waals surface area contributed by atoms with Crippen molar-refractivity contribution in [3.8, 4) is 12.1 Å². The van der Waals surface area contributed by atoms with E-state index in [9.17, 15) is 20.4 Å². The van der Waals surface area contributed by atoms with Crippen LogP contribution in [0.2, 0.25) is 0 Å². The lowest BCUT2D eigenvalue weighted by molar-refractivity contribution is -0.139. The third-order valence-corrected chi connectivity index (χ3v) is 5.83. The Balaban J connectivity index is 2.30. The molecule has 0 bridgehead atoms. The Morgan fingerprint density at radius 2 is 1.48 bits per heavy atom. The fourth-order valence-electron chi connectivity index (χ4n) is 4.71. The predicted molar refractivity (Wildman–Crippen MR) is 101 cm³/mol. The highest BCUT2D eigenvalue weighted by Gasteiger charge is 2.61. The number of nitrogens with zero attached hydrogens (tertiary/aromatic N) is 2. The SMILES string of the molecule is CC(=O)[C@@H]1[C@H](c2ccccc2)C(C#N)(C#N)[C@@H](c2ccccc2)C[C@]1(C)O.